The summed E-state index contributed by atoms with van der Waals surface area (Å²) < 4.78 is 0. The van der Waals surface area contributed by atoms with Crippen molar-refractivity contribution in [1.29, 1.82) is 0 Å². The van der Waals surface area contributed by atoms with Crippen LogP contribution in [0.15, 0.2) is 17.5 Å². The zero-order chi connectivity index (χ0) is 14.6. The number of carboxylic acid groups (broad SMARTS) is 1. The number of rotatable bonds is 5. The zero-order valence-corrected chi connectivity index (χ0v) is 12.2. The molecule has 0 saturated carbocycles. The number of carbonyl (C=O) groups excluding carboxylic acids is 1. The van der Waals surface area contributed by atoms with E-state index in [0.717, 1.165) is 4.88 Å². The second-order valence-electron chi connectivity index (χ2n) is 5.52. The smallest absolute Gasteiger partial charge is 0.305 e. The summed E-state index contributed by atoms with van der Waals surface area (Å²) in [5.74, 6) is -1.28. The van der Waals surface area contributed by atoms with Crippen LogP contribution in [0.5, 0.6) is 0 Å². The van der Waals surface area contributed by atoms with Crippen molar-refractivity contribution in [2.75, 3.05) is 0 Å². The monoisotopic (exact) mass is 284 g/mol. The van der Waals surface area contributed by atoms with Crippen molar-refractivity contribution < 1.29 is 14.7 Å². The fourth-order valence-corrected chi connectivity index (χ4v) is 2.33. The molecule has 1 heterocycles. The lowest BCUT2D eigenvalue weighted by atomic mass is 9.84. The Morgan fingerprint density at radius 2 is 2.11 bits per heavy atom. The van der Waals surface area contributed by atoms with E-state index in [-0.39, 0.29) is 17.7 Å². The highest BCUT2D eigenvalue weighted by atomic mass is 32.1. The Morgan fingerprint density at radius 3 is 2.53 bits per heavy atom. The first-order chi connectivity index (χ1) is 8.71. The second-order valence-corrected chi connectivity index (χ2v) is 6.50. The van der Waals surface area contributed by atoms with E-state index in [4.69, 9.17) is 10.8 Å². The van der Waals surface area contributed by atoms with E-state index in [0.29, 0.717) is 0 Å². The molecule has 1 amide bonds. The lowest BCUT2D eigenvalue weighted by Gasteiger charge is -2.31. The molecule has 1 aromatic heterocycles. The third-order valence-corrected chi connectivity index (χ3v) is 3.83. The maximum Gasteiger partial charge on any atom is 0.305 e. The molecule has 5 nitrogen and oxygen atoms in total. The molecule has 2 unspecified atom stereocenters. The number of aliphatic carboxylic acids is 1. The van der Waals surface area contributed by atoms with Crippen molar-refractivity contribution in [3.63, 3.8) is 0 Å². The quantitative estimate of drug-likeness (QED) is 0.768. The van der Waals surface area contributed by atoms with Gasteiger partial charge in [-0.3, -0.25) is 9.59 Å². The van der Waals surface area contributed by atoms with Crippen molar-refractivity contribution >= 4 is 23.2 Å². The Morgan fingerprint density at radius 1 is 1.47 bits per heavy atom. The second kappa shape index (κ2) is 6.16. The molecule has 106 valence electrons. The molecule has 0 aliphatic carbocycles. The van der Waals surface area contributed by atoms with Crippen LogP contribution in [-0.4, -0.2) is 23.0 Å². The maximum absolute atomic E-state index is 12.1. The number of hydrogen-bond donors (Lipinski definition) is 3. The minimum Gasteiger partial charge on any atom is -0.481 e. The van der Waals surface area contributed by atoms with E-state index in [2.05, 4.69) is 5.32 Å². The number of amides is 1. The molecule has 4 N–H and O–H groups in total. The number of nitrogens with one attached hydrogen (secondary N) is 1. The van der Waals surface area contributed by atoms with E-state index >= 15 is 0 Å². The van der Waals surface area contributed by atoms with Crippen LogP contribution in [0.4, 0.5) is 0 Å². The predicted octanol–water partition coefficient (Wildman–Crippen LogP) is 1.75. The van der Waals surface area contributed by atoms with Gasteiger partial charge in [-0.1, -0.05) is 26.8 Å². The van der Waals surface area contributed by atoms with E-state index in [1.807, 2.05) is 32.2 Å². The van der Waals surface area contributed by atoms with Crippen molar-refractivity contribution in [2.24, 2.45) is 11.1 Å². The van der Waals surface area contributed by atoms with Crippen molar-refractivity contribution in [1.82, 2.24) is 5.32 Å². The molecule has 0 radical (unpaired) electrons. The highest BCUT2D eigenvalue weighted by molar-refractivity contribution is 7.10. The first-order valence-corrected chi connectivity index (χ1v) is 6.91. The van der Waals surface area contributed by atoms with Gasteiger partial charge in [-0.2, -0.15) is 0 Å². The van der Waals surface area contributed by atoms with E-state index in [9.17, 15) is 9.59 Å². The molecular formula is C13H20N2O3S. The third kappa shape index (κ3) is 4.65. The summed E-state index contributed by atoms with van der Waals surface area (Å²) in [6.45, 7) is 5.66. The van der Waals surface area contributed by atoms with Crippen LogP contribution in [0.2, 0.25) is 0 Å². The topological polar surface area (TPSA) is 92.4 Å². The van der Waals surface area contributed by atoms with Crippen molar-refractivity contribution in [2.45, 2.75) is 39.3 Å². The van der Waals surface area contributed by atoms with Gasteiger partial charge < -0.3 is 16.2 Å². The number of thiophene rings is 1. The Balaban J connectivity index is 2.74. The molecule has 1 rings (SSSR count). The van der Waals surface area contributed by atoms with Gasteiger partial charge in [-0.25, -0.2) is 0 Å². The van der Waals surface area contributed by atoms with Gasteiger partial charge in [0.15, 0.2) is 0 Å². The fourth-order valence-electron chi connectivity index (χ4n) is 1.61. The summed E-state index contributed by atoms with van der Waals surface area (Å²) in [4.78, 5) is 23.7. The van der Waals surface area contributed by atoms with Gasteiger partial charge in [-0.05, 0) is 16.9 Å². The summed E-state index contributed by atoms with van der Waals surface area (Å²) in [6, 6.07) is 2.41. The van der Waals surface area contributed by atoms with Gasteiger partial charge in [0.1, 0.15) is 6.04 Å². The van der Waals surface area contributed by atoms with Crippen LogP contribution in [-0.2, 0) is 9.59 Å². The van der Waals surface area contributed by atoms with Gasteiger partial charge in [0.2, 0.25) is 5.91 Å². The van der Waals surface area contributed by atoms with E-state index < -0.39 is 18.1 Å². The molecular weight excluding hydrogens is 264 g/mol. The molecule has 0 aromatic carbocycles. The molecule has 0 saturated heterocycles. The Labute approximate surface area is 116 Å². The highest BCUT2D eigenvalue weighted by Crippen LogP contribution is 2.23. The molecule has 6 heteroatoms. The minimum absolute atomic E-state index is 0.119. The molecule has 0 aliphatic heterocycles. The van der Waals surface area contributed by atoms with Crippen LogP contribution in [0, 0.1) is 5.41 Å². The molecule has 0 fully saturated rings. The van der Waals surface area contributed by atoms with Gasteiger partial charge in [-0.15, -0.1) is 11.3 Å². The van der Waals surface area contributed by atoms with Gasteiger partial charge in [0, 0.05) is 10.9 Å². The molecule has 19 heavy (non-hydrogen) atoms. The van der Waals surface area contributed by atoms with Crippen LogP contribution >= 0.6 is 11.3 Å². The minimum atomic E-state index is -0.940. The number of nitrogens with two attached hydrogens (primary N) is 1. The number of carboxylic acids is 1. The lowest BCUT2D eigenvalue weighted by molar-refractivity contribution is -0.138. The highest BCUT2D eigenvalue weighted by Gasteiger charge is 2.30. The van der Waals surface area contributed by atoms with E-state index in [1.165, 1.54) is 11.3 Å². The summed E-state index contributed by atoms with van der Waals surface area (Å²) in [5.41, 5.74) is 5.51. The summed E-state index contributed by atoms with van der Waals surface area (Å²) >= 11 is 1.41. The van der Waals surface area contributed by atoms with Crippen LogP contribution in [0.1, 0.15) is 38.1 Å². The summed E-state index contributed by atoms with van der Waals surface area (Å²) in [7, 11) is 0. The fraction of sp³-hybridized carbons (Fsp3) is 0.538. The first kappa shape index (κ1) is 15.7. The average molecular weight is 284 g/mol. The van der Waals surface area contributed by atoms with E-state index in [1.54, 1.807) is 6.07 Å². The zero-order valence-electron chi connectivity index (χ0n) is 11.3. The molecule has 0 spiro atoms. The summed E-state index contributed by atoms with van der Waals surface area (Å²) in [5, 5.41) is 13.5. The standard InChI is InChI=1S/C13H20N2O3S/c1-13(2,3)9(7-10(16)17)15-12(18)11(14)8-5-4-6-19-8/h4-6,9,11H,7,14H2,1-3H3,(H,15,18)(H,16,17). The average Bonchev–Trinajstić information content (AvgIpc) is 2.78. The van der Waals surface area contributed by atoms with Crippen molar-refractivity contribution in [3.8, 4) is 0 Å². The number of hydrogen-bond acceptors (Lipinski definition) is 4. The third-order valence-electron chi connectivity index (χ3n) is 2.87. The maximum atomic E-state index is 12.1. The van der Waals surface area contributed by atoms with Gasteiger partial charge in [0.25, 0.3) is 0 Å². The molecule has 0 aliphatic rings. The normalized spacial score (nSPS) is 14.7. The van der Waals surface area contributed by atoms with Crippen LogP contribution < -0.4 is 11.1 Å². The molecule has 1 aromatic rings. The van der Waals surface area contributed by atoms with Gasteiger partial charge in [0.05, 0.1) is 6.42 Å². The Bertz CT molecular complexity index is 437. The molecule has 2 atom stereocenters. The summed E-state index contributed by atoms with van der Waals surface area (Å²) in [6.07, 6.45) is -0.119. The predicted molar refractivity (Wildman–Crippen MR) is 74.9 cm³/mol. The SMILES string of the molecule is CC(C)(C)C(CC(=O)O)NC(=O)C(N)c1cccs1. The van der Waals surface area contributed by atoms with Crippen molar-refractivity contribution in [3.05, 3.63) is 22.4 Å². The first-order valence-electron chi connectivity index (χ1n) is 6.03. The van der Waals surface area contributed by atoms with Crippen LogP contribution in [0.25, 0.3) is 0 Å². The Kier molecular flexibility index (Phi) is 5.08. The van der Waals surface area contributed by atoms with Crippen LogP contribution in [0.3, 0.4) is 0 Å². The van der Waals surface area contributed by atoms with Gasteiger partial charge >= 0.3 is 5.97 Å². The Hall–Kier alpha value is -1.40. The lowest BCUT2D eigenvalue weighted by Crippen LogP contribution is -2.47. The largest absolute Gasteiger partial charge is 0.481 e. The number of carbonyl (C=O) groups is 2. The molecule has 0 bridgehead atoms.